The summed E-state index contributed by atoms with van der Waals surface area (Å²) in [5.74, 6) is 0.875. The molecule has 2 aliphatic rings. The van der Waals surface area contributed by atoms with Gasteiger partial charge >= 0.3 is 0 Å². The van der Waals surface area contributed by atoms with Gasteiger partial charge in [-0.25, -0.2) is 0 Å². The van der Waals surface area contributed by atoms with Gasteiger partial charge in [-0.2, -0.15) is 0 Å². The molecule has 0 N–H and O–H groups in total. The molecule has 0 atom stereocenters. The third-order valence-corrected chi connectivity index (χ3v) is 10.5. The molecule has 0 saturated heterocycles. The van der Waals surface area contributed by atoms with E-state index in [0.29, 0.717) is 11.8 Å². The van der Waals surface area contributed by atoms with Crippen LogP contribution in [0.1, 0.15) is 101 Å². The van der Waals surface area contributed by atoms with Gasteiger partial charge in [0, 0.05) is 10.8 Å². The van der Waals surface area contributed by atoms with Crippen LogP contribution in [0.4, 0.5) is 0 Å². The molecule has 0 bridgehead atoms. The zero-order valence-corrected chi connectivity index (χ0v) is 25.1. The molecule has 0 nitrogen and oxygen atoms in total. The zero-order chi connectivity index (χ0) is 27.9. The summed E-state index contributed by atoms with van der Waals surface area (Å²) in [7, 11) is 0. The molecule has 0 spiro atoms. The second-order valence-corrected chi connectivity index (χ2v) is 14.1. The molecule has 6 aromatic rings. The summed E-state index contributed by atoms with van der Waals surface area (Å²) < 4.78 is 0. The second kappa shape index (κ2) is 7.55. The van der Waals surface area contributed by atoms with E-state index in [1.54, 1.807) is 0 Å². The molecule has 0 aliphatic heterocycles. The highest BCUT2D eigenvalue weighted by Gasteiger charge is 2.43. The van der Waals surface area contributed by atoms with Gasteiger partial charge in [0.15, 0.2) is 0 Å². The van der Waals surface area contributed by atoms with Gasteiger partial charge in [0.1, 0.15) is 0 Å². The van der Waals surface area contributed by atoms with Gasteiger partial charge < -0.3 is 0 Å². The van der Waals surface area contributed by atoms with Crippen molar-refractivity contribution in [2.75, 3.05) is 0 Å². The largest absolute Gasteiger partial charge is 0.0619 e. The summed E-state index contributed by atoms with van der Waals surface area (Å²) in [5.41, 5.74) is 14.6. The van der Waals surface area contributed by atoms with Gasteiger partial charge in [0.25, 0.3) is 0 Å². The molecule has 0 saturated carbocycles. The lowest BCUT2D eigenvalue weighted by Gasteiger charge is -2.30. The summed E-state index contributed by atoms with van der Waals surface area (Å²) in [6.07, 6.45) is 0. The minimum Gasteiger partial charge on any atom is -0.0619 e. The van der Waals surface area contributed by atoms with Crippen molar-refractivity contribution in [3.05, 3.63) is 106 Å². The maximum atomic E-state index is 2.48. The van der Waals surface area contributed by atoms with Crippen LogP contribution in [0.15, 0.2) is 72.8 Å². The fourth-order valence-electron chi connectivity index (χ4n) is 8.79. The van der Waals surface area contributed by atoms with Crippen LogP contribution in [-0.2, 0) is 10.8 Å². The molecule has 0 amide bonds. The molecular weight excluding hydrogens is 480 g/mol. The van der Waals surface area contributed by atoms with Crippen LogP contribution in [0, 0.1) is 0 Å². The fraction of sp³-hybridized carbons (Fsp3) is 0.300. The molecule has 0 heteroatoms. The Kier molecular flexibility index (Phi) is 4.56. The molecule has 40 heavy (non-hydrogen) atoms. The monoisotopic (exact) mass is 518 g/mol. The molecule has 6 aromatic carbocycles. The minimum atomic E-state index is -0.0670. The van der Waals surface area contributed by atoms with E-state index < -0.39 is 0 Å². The van der Waals surface area contributed by atoms with E-state index in [9.17, 15) is 0 Å². The topological polar surface area (TPSA) is 0 Å². The number of hydrogen-bond donors (Lipinski definition) is 0. The van der Waals surface area contributed by atoms with Crippen LogP contribution >= 0.6 is 0 Å². The van der Waals surface area contributed by atoms with E-state index in [0.717, 1.165) is 0 Å². The molecule has 0 fully saturated rings. The Balaban J connectivity index is 1.76. The van der Waals surface area contributed by atoms with Crippen LogP contribution < -0.4 is 0 Å². The Morgan fingerprint density at radius 2 is 0.825 bits per heavy atom. The van der Waals surface area contributed by atoms with E-state index in [4.69, 9.17) is 0 Å². The van der Waals surface area contributed by atoms with E-state index in [2.05, 4.69) is 128 Å². The first-order valence-electron chi connectivity index (χ1n) is 15.1. The van der Waals surface area contributed by atoms with Crippen molar-refractivity contribution in [1.82, 2.24) is 0 Å². The van der Waals surface area contributed by atoms with Crippen molar-refractivity contribution >= 4 is 32.3 Å². The van der Waals surface area contributed by atoms with Crippen molar-refractivity contribution in [2.24, 2.45) is 0 Å². The molecular formula is C40H38. The number of rotatable bonds is 2. The van der Waals surface area contributed by atoms with Crippen LogP contribution in [-0.4, -0.2) is 0 Å². The number of hydrogen-bond acceptors (Lipinski definition) is 0. The third-order valence-electron chi connectivity index (χ3n) is 10.5. The SMILES string of the molecule is CC(C)c1ccc2c3c(c4c(C(C)C)ccc5c6c(c1c2c54)-c1ccccc1C6(C)C)-c1ccccc1C3(C)C. The van der Waals surface area contributed by atoms with Gasteiger partial charge in [0.05, 0.1) is 0 Å². The van der Waals surface area contributed by atoms with Gasteiger partial charge in [-0.05, 0) is 99.8 Å². The maximum absolute atomic E-state index is 2.48. The predicted octanol–water partition coefficient (Wildman–Crippen LogP) is 11.4. The van der Waals surface area contributed by atoms with Crippen molar-refractivity contribution in [3.63, 3.8) is 0 Å². The lowest BCUT2D eigenvalue weighted by Crippen LogP contribution is -2.17. The van der Waals surface area contributed by atoms with Gasteiger partial charge in [0.2, 0.25) is 0 Å². The lowest BCUT2D eigenvalue weighted by atomic mass is 9.72. The Morgan fingerprint density at radius 1 is 0.450 bits per heavy atom. The Hall–Kier alpha value is -3.64. The van der Waals surface area contributed by atoms with Crippen molar-refractivity contribution in [3.8, 4) is 22.3 Å². The van der Waals surface area contributed by atoms with Crippen LogP contribution in [0.2, 0.25) is 0 Å². The molecule has 8 rings (SSSR count). The van der Waals surface area contributed by atoms with Gasteiger partial charge in [-0.15, -0.1) is 0 Å². The summed E-state index contributed by atoms with van der Waals surface area (Å²) in [4.78, 5) is 0. The first kappa shape index (κ1) is 24.2. The molecule has 0 aromatic heterocycles. The van der Waals surface area contributed by atoms with E-state index in [1.165, 1.54) is 88.0 Å². The smallest absolute Gasteiger partial charge is 0.0165 e. The molecule has 0 unspecified atom stereocenters. The van der Waals surface area contributed by atoms with E-state index >= 15 is 0 Å². The molecule has 198 valence electrons. The highest BCUT2D eigenvalue weighted by atomic mass is 14.5. The number of benzene rings is 6. The first-order chi connectivity index (χ1) is 19.1. The van der Waals surface area contributed by atoms with Crippen molar-refractivity contribution in [1.29, 1.82) is 0 Å². The summed E-state index contributed by atoms with van der Waals surface area (Å²) in [5, 5.41) is 8.86. The normalized spacial score (nSPS) is 16.4. The van der Waals surface area contributed by atoms with E-state index in [1.807, 2.05) is 0 Å². The fourth-order valence-corrected chi connectivity index (χ4v) is 8.79. The summed E-state index contributed by atoms with van der Waals surface area (Å²) >= 11 is 0. The van der Waals surface area contributed by atoms with Crippen molar-refractivity contribution in [2.45, 2.75) is 78.1 Å². The predicted molar refractivity (Wildman–Crippen MR) is 173 cm³/mol. The first-order valence-corrected chi connectivity index (χ1v) is 15.1. The zero-order valence-electron chi connectivity index (χ0n) is 25.1. The summed E-state index contributed by atoms with van der Waals surface area (Å²) in [6, 6.07) is 28.3. The molecule has 2 aliphatic carbocycles. The number of fused-ring (bicyclic) bond motifs is 10. The minimum absolute atomic E-state index is 0.0670. The molecule has 0 heterocycles. The second-order valence-electron chi connectivity index (χ2n) is 14.1. The maximum Gasteiger partial charge on any atom is 0.0165 e. The van der Waals surface area contributed by atoms with Gasteiger partial charge in [-0.1, -0.05) is 128 Å². The lowest BCUT2D eigenvalue weighted by molar-refractivity contribution is 0.665. The standard InChI is InChI=1S/C40H38/c1-21(2)23-17-19-27-33-31(23)35-25-13-9-11-15-29(25)39(5,6)37(35)28-20-18-24(22(3)4)32(34(28)33)36-26-14-10-12-16-30(26)40(7,8)38(27)36/h9-22H,1-8H3. The highest BCUT2D eigenvalue weighted by Crippen LogP contribution is 2.62. The highest BCUT2D eigenvalue weighted by molar-refractivity contribution is 6.34. The van der Waals surface area contributed by atoms with Crippen LogP contribution in [0.25, 0.3) is 54.6 Å². The third kappa shape index (κ3) is 2.64. The van der Waals surface area contributed by atoms with Crippen LogP contribution in [0.3, 0.4) is 0 Å². The quantitative estimate of drug-likeness (QED) is 0.200. The summed E-state index contributed by atoms with van der Waals surface area (Å²) in [6.45, 7) is 19.3. The average molecular weight is 519 g/mol. The van der Waals surface area contributed by atoms with E-state index in [-0.39, 0.29) is 10.8 Å². The average Bonchev–Trinajstić information content (AvgIpc) is 3.32. The van der Waals surface area contributed by atoms with Crippen LogP contribution in [0.5, 0.6) is 0 Å². The van der Waals surface area contributed by atoms with Crippen molar-refractivity contribution < 1.29 is 0 Å². The molecule has 0 radical (unpaired) electrons. The Bertz CT molecular complexity index is 1890. The van der Waals surface area contributed by atoms with Gasteiger partial charge in [-0.3, -0.25) is 0 Å². The Morgan fingerprint density at radius 3 is 1.20 bits per heavy atom. The Labute approximate surface area is 238 Å².